The van der Waals surface area contributed by atoms with Gasteiger partial charge < -0.3 is 33.8 Å². The second kappa shape index (κ2) is 80.9. The van der Waals surface area contributed by atoms with Crippen molar-refractivity contribution in [2.75, 3.05) is 39.6 Å². The lowest BCUT2D eigenvalue weighted by Gasteiger charge is -2.21. The molecular weight excluding hydrogens is 1430 g/mol. The molecule has 0 bridgehead atoms. The van der Waals surface area contributed by atoms with Crippen LogP contribution in [0.5, 0.6) is 0 Å². The normalized spacial score (nSPS) is 14.8. The first kappa shape index (κ1) is 104. The highest BCUT2D eigenvalue weighted by atomic mass is 31.2. The van der Waals surface area contributed by atoms with Gasteiger partial charge in [-0.1, -0.05) is 299 Å². The summed E-state index contributed by atoms with van der Waals surface area (Å²) in [6.45, 7) is 4.49. The van der Waals surface area contributed by atoms with E-state index in [0.29, 0.717) is 44.9 Å². The maximum absolute atomic E-state index is 13.1. The van der Waals surface area contributed by atoms with Crippen LogP contribution in [0.25, 0.3) is 0 Å². The smallest absolute Gasteiger partial charge is 0.462 e. The first-order valence-electron chi connectivity index (χ1n) is 41.7. The van der Waals surface area contributed by atoms with E-state index in [9.17, 15) is 43.2 Å². The van der Waals surface area contributed by atoms with Crippen LogP contribution in [0.4, 0.5) is 0 Å². The Balaban J connectivity index is 5.58. The Morgan fingerprint density at radius 1 is 0.255 bits per heavy atom. The number of esters is 4. The molecule has 622 valence electrons. The molecule has 0 aromatic rings. The molecule has 0 aromatic carbocycles. The van der Waals surface area contributed by atoms with Crippen molar-refractivity contribution in [3.63, 3.8) is 0 Å². The Bertz CT molecular complexity index is 2850. The number of ether oxygens (including phenoxy) is 4. The summed E-state index contributed by atoms with van der Waals surface area (Å²) in [5.74, 6) is -2.49. The first-order valence-corrected chi connectivity index (χ1v) is 44.7. The van der Waals surface area contributed by atoms with Gasteiger partial charge in [0.2, 0.25) is 0 Å². The lowest BCUT2D eigenvalue weighted by Crippen LogP contribution is -2.30. The molecule has 19 heteroatoms. The third-order valence-corrected chi connectivity index (χ3v) is 18.4. The molecule has 0 radical (unpaired) electrons. The van der Waals surface area contributed by atoms with Crippen LogP contribution in [0.1, 0.15) is 297 Å². The number of phosphoric ester groups is 2. The number of carbonyl (C=O) groups is 4. The minimum absolute atomic E-state index is 0.0134. The van der Waals surface area contributed by atoms with Gasteiger partial charge in [0.25, 0.3) is 0 Å². The highest BCUT2D eigenvalue weighted by Crippen LogP contribution is 2.45. The molecule has 110 heavy (non-hydrogen) atoms. The second-order valence-electron chi connectivity index (χ2n) is 27.0. The maximum Gasteiger partial charge on any atom is 0.472 e. The number of hydrogen-bond acceptors (Lipinski definition) is 15. The molecule has 0 aromatic heterocycles. The lowest BCUT2D eigenvalue weighted by atomic mass is 10.1. The van der Waals surface area contributed by atoms with Gasteiger partial charge >= 0.3 is 39.5 Å². The predicted octanol–water partition coefficient (Wildman–Crippen LogP) is 24.9. The second-order valence-corrected chi connectivity index (χ2v) is 29.9. The molecule has 0 fully saturated rings. The summed E-state index contributed by atoms with van der Waals surface area (Å²) in [7, 11) is -10.0. The van der Waals surface area contributed by atoms with Crippen molar-refractivity contribution in [1.82, 2.24) is 0 Å². The summed E-state index contributed by atoms with van der Waals surface area (Å²) in [4.78, 5) is 73.0. The Morgan fingerprint density at radius 2 is 0.464 bits per heavy atom. The zero-order valence-electron chi connectivity index (χ0n) is 68.1. The third-order valence-electron chi connectivity index (χ3n) is 16.5. The summed E-state index contributed by atoms with van der Waals surface area (Å²) in [6, 6.07) is 0. The van der Waals surface area contributed by atoms with Crippen molar-refractivity contribution in [1.29, 1.82) is 0 Å². The SMILES string of the molecule is CCCCC/C=C\C/C=C\C/C=C\C/C=C\C/C=C\CCC(=O)OC[C@H](COP(=O)(O)OC[C@@H](O)COP(=O)(O)OC[C@@H](COC(=O)CC/C=C\C/C=C\C/C=C\C/C=C\C/C=C\CCCCC)OC(=O)CCCCCCC/C=C\CCCCCC)OC(=O)CC/C=C\C/C=C\C/C=C\C/C=C\C/C=C\CCCCC. The first-order chi connectivity index (χ1) is 53.7. The van der Waals surface area contributed by atoms with Crippen LogP contribution in [0, 0.1) is 0 Å². The van der Waals surface area contributed by atoms with Crippen LogP contribution in [0.3, 0.4) is 0 Å². The highest BCUT2D eigenvalue weighted by Gasteiger charge is 2.30. The topological polar surface area (TPSA) is 237 Å². The summed E-state index contributed by atoms with van der Waals surface area (Å²) < 4.78 is 68.4. The number of rotatable bonds is 76. The molecule has 17 nitrogen and oxygen atoms in total. The van der Waals surface area contributed by atoms with E-state index in [1.54, 1.807) is 0 Å². The Morgan fingerprint density at radius 3 is 0.764 bits per heavy atom. The molecule has 0 spiro atoms. The predicted molar refractivity (Wildman–Crippen MR) is 454 cm³/mol. The Kier molecular flexibility index (Phi) is 76.4. The molecule has 0 saturated heterocycles. The maximum atomic E-state index is 13.1. The average molecular weight is 1570 g/mol. The van der Waals surface area contributed by atoms with Crippen molar-refractivity contribution < 1.29 is 80.2 Å². The van der Waals surface area contributed by atoms with E-state index >= 15 is 0 Å². The van der Waals surface area contributed by atoms with Crippen molar-refractivity contribution >= 4 is 39.5 Å². The number of allylic oxidation sites excluding steroid dienone is 32. The van der Waals surface area contributed by atoms with Crippen LogP contribution in [-0.2, 0) is 65.4 Å². The number of hydrogen-bond donors (Lipinski definition) is 3. The fourth-order valence-corrected chi connectivity index (χ4v) is 11.7. The van der Waals surface area contributed by atoms with Crippen molar-refractivity contribution in [2.45, 2.75) is 316 Å². The van der Waals surface area contributed by atoms with Gasteiger partial charge in [-0.15, -0.1) is 0 Å². The quantitative estimate of drug-likeness (QED) is 0.0169. The van der Waals surface area contributed by atoms with Crippen molar-refractivity contribution in [3.05, 3.63) is 194 Å². The number of aliphatic hydroxyl groups is 1. The molecule has 0 aliphatic heterocycles. The summed E-state index contributed by atoms with van der Waals surface area (Å²) in [5, 5.41) is 10.7. The molecule has 0 aliphatic carbocycles. The van der Waals surface area contributed by atoms with Crippen LogP contribution in [-0.4, -0.2) is 96.7 Å². The Hall–Kier alpha value is -6.10. The van der Waals surface area contributed by atoms with E-state index < -0.39 is 97.5 Å². The largest absolute Gasteiger partial charge is 0.472 e. The standard InChI is InChI=1S/C91H146O17P2/c1-5-9-13-17-21-25-29-33-36-39-42-45-48-52-55-59-63-67-71-75-88(93)101-81-86(107-90(95)77-73-69-65-61-57-51-32-28-24-20-16-12-8-4)83-105-109(97,98)103-79-85(92)80-104-110(99,100)106-84-87(108-91(96)78-74-70-66-62-58-54-50-47-44-41-38-35-31-27-23-19-15-11-7-3)82-102-89(94)76-72-68-64-60-56-53-49-46-43-40-37-34-30-26-22-18-14-10-6-2/h21-23,25-28,32-38,42-47,52-56,58,63-64,66-68,70,85-87,92H,5-20,24,29-31,39-41,48-51,57,59-62,65,69,71-84H2,1-4H3,(H,97,98)(H,99,100)/b25-21-,26-22-,27-23-,32-28-,36-33-,37-34-,38-35-,45-42-,46-43-,47-44-,55-52-,56-53-,58-54-,67-63-,68-64-,70-66-/t85-,86+,87+/m0/s1. The van der Waals surface area contributed by atoms with E-state index in [4.69, 9.17) is 37.0 Å². The van der Waals surface area contributed by atoms with Gasteiger partial charge in [0, 0.05) is 25.7 Å². The molecule has 5 atom stereocenters. The number of aliphatic hydroxyl groups excluding tert-OH is 1. The Labute approximate surface area is 666 Å². The van der Waals surface area contributed by atoms with Crippen molar-refractivity contribution in [3.8, 4) is 0 Å². The van der Waals surface area contributed by atoms with Gasteiger partial charge in [-0.25, -0.2) is 9.13 Å². The van der Waals surface area contributed by atoms with Crippen LogP contribution in [0.2, 0.25) is 0 Å². The number of carbonyl (C=O) groups excluding carboxylic acids is 4. The molecular formula is C91H146O17P2. The zero-order valence-corrected chi connectivity index (χ0v) is 69.9. The van der Waals surface area contributed by atoms with Crippen LogP contribution in [0.15, 0.2) is 194 Å². The molecule has 0 rings (SSSR count). The molecule has 3 N–H and O–H groups in total. The third kappa shape index (κ3) is 80.0. The fourth-order valence-electron chi connectivity index (χ4n) is 10.2. The van der Waals surface area contributed by atoms with E-state index in [1.807, 2.05) is 54.7 Å². The van der Waals surface area contributed by atoms with E-state index in [0.717, 1.165) is 116 Å². The molecule has 0 aliphatic rings. The van der Waals surface area contributed by atoms with Gasteiger partial charge in [0.15, 0.2) is 12.2 Å². The molecule has 2 unspecified atom stereocenters. The molecule has 0 amide bonds. The zero-order chi connectivity index (χ0) is 80.3. The molecule has 0 heterocycles. The van der Waals surface area contributed by atoms with Crippen LogP contribution >= 0.6 is 15.6 Å². The van der Waals surface area contributed by atoms with Crippen LogP contribution < -0.4 is 0 Å². The molecule has 0 saturated carbocycles. The summed E-state index contributed by atoms with van der Waals surface area (Å²) in [5.41, 5.74) is 0. The van der Waals surface area contributed by atoms with E-state index in [2.05, 4.69) is 167 Å². The number of unbranched alkanes of at least 4 members (excludes halogenated alkanes) is 18. The van der Waals surface area contributed by atoms with Crippen molar-refractivity contribution in [2.24, 2.45) is 0 Å². The van der Waals surface area contributed by atoms with E-state index in [-0.39, 0.29) is 25.7 Å². The van der Waals surface area contributed by atoms with E-state index in [1.165, 1.54) is 83.5 Å². The monoisotopic (exact) mass is 1570 g/mol. The minimum Gasteiger partial charge on any atom is -0.462 e. The lowest BCUT2D eigenvalue weighted by molar-refractivity contribution is -0.161. The summed E-state index contributed by atoms with van der Waals surface area (Å²) in [6.07, 6.45) is 100. The van der Waals surface area contributed by atoms with Gasteiger partial charge in [0.1, 0.15) is 19.3 Å². The highest BCUT2D eigenvalue weighted by molar-refractivity contribution is 7.47. The van der Waals surface area contributed by atoms with Gasteiger partial charge in [0.05, 0.1) is 26.4 Å². The summed E-state index contributed by atoms with van der Waals surface area (Å²) >= 11 is 0. The van der Waals surface area contributed by atoms with Gasteiger partial charge in [-0.3, -0.25) is 37.3 Å². The fraction of sp³-hybridized carbons (Fsp3) is 0.604. The number of phosphoric acid groups is 2. The average Bonchev–Trinajstić information content (AvgIpc) is 0.900. The van der Waals surface area contributed by atoms with Gasteiger partial charge in [-0.2, -0.15) is 0 Å². The van der Waals surface area contributed by atoms with Gasteiger partial charge in [-0.05, 0) is 167 Å². The minimum atomic E-state index is -5.03.